The number of benzene rings is 2. The average Bonchev–Trinajstić information content (AvgIpc) is 3.01. The van der Waals surface area contributed by atoms with Crippen LogP contribution in [-0.4, -0.2) is 10.2 Å². The van der Waals surface area contributed by atoms with Gasteiger partial charge in [0.25, 0.3) is 5.89 Å². The topological polar surface area (TPSA) is 48.2 Å². The Balaban J connectivity index is 1.83. The third-order valence-corrected chi connectivity index (χ3v) is 3.72. The number of hydrogen-bond acceptors (Lipinski definition) is 4. The van der Waals surface area contributed by atoms with Gasteiger partial charge in [0, 0.05) is 15.6 Å². The maximum Gasteiger partial charge on any atom is 0.259 e. The summed E-state index contributed by atoms with van der Waals surface area (Å²) in [6.07, 6.45) is 0. The first-order valence-electron chi connectivity index (χ1n) is 6.98. The molecule has 118 valence electrons. The van der Waals surface area contributed by atoms with Gasteiger partial charge in [0.15, 0.2) is 5.60 Å². The van der Waals surface area contributed by atoms with Crippen molar-refractivity contribution in [3.05, 3.63) is 64.5 Å². The van der Waals surface area contributed by atoms with Crippen molar-refractivity contribution in [2.45, 2.75) is 19.4 Å². The van der Waals surface area contributed by atoms with E-state index in [2.05, 4.69) is 10.2 Å². The van der Waals surface area contributed by atoms with Crippen LogP contribution in [0.2, 0.25) is 10.0 Å². The van der Waals surface area contributed by atoms with Gasteiger partial charge in [0.2, 0.25) is 5.89 Å². The fourth-order valence-electron chi connectivity index (χ4n) is 2.02. The summed E-state index contributed by atoms with van der Waals surface area (Å²) in [4.78, 5) is 0. The first-order valence-corrected chi connectivity index (χ1v) is 7.74. The Kier molecular flexibility index (Phi) is 4.28. The predicted molar refractivity (Wildman–Crippen MR) is 89.9 cm³/mol. The summed E-state index contributed by atoms with van der Waals surface area (Å²) in [7, 11) is 0. The van der Waals surface area contributed by atoms with Crippen LogP contribution in [0.5, 0.6) is 5.75 Å². The Hall–Kier alpha value is -2.04. The van der Waals surface area contributed by atoms with E-state index in [1.165, 1.54) is 0 Å². The molecule has 2 aromatic carbocycles. The van der Waals surface area contributed by atoms with Crippen LogP contribution in [-0.2, 0) is 5.60 Å². The van der Waals surface area contributed by atoms with Crippen molar-refractivity contribution in [3.63, 3.8) is 0 Å². The van der Waals surface area contributed by atoms with Gasteiger partial charge in [0.05, 0.1) is 0 Å². The van der Waals surface area contributed by atoms with Crippen LogP contribution in [0, 0.1) is 0 Å². The molecule has 0 saturated heterocycles. The maximum absolute atomic E-state index is 5.94. The first-order chi connectivity index (χ1) is 10.9. The zero-order valence-corrected chi connectivity index (χ0v) is 14.1. The summed E-state index contributed by atoms with van der Waals surface area (Å²) in [5.74, 6) is 1.48. The van der Waals surface area contributed by atoms with E-state index in [0.717, 1.165) is 5.56 Å². The molecule has 0 bridgehead atoms. The van der Waals surface area contributed by atoms with Gasteiger partial charge in [-0.3, -0.25) is 0 Å². The lowest BCUT2D eigenvalue weighted by molar-refractivity contribution is 0.0770. The molecule has 0 atom stereocenters. The molecule has 0 saturated carbocycles. The second-order valence-electron chi connectivity index (χ2n) is 5.49. The highest BCUT2D eigenvalue weighted by Crippen LogP contribution is 2.30. The van der Waals surface area contributed by atoms with Crippen molar-refractivity contribution in [3.8, 4) is 17.2 Å². The molecular weight excluding hydrogens is 335 g/mol. The van der Waals surface area contributed by atoms with Crippen LogP contribution in [0.4, 0.5) is 0 Å². The van der Waals surface area contributed by atoms with Crippen molar-refractivity contribution >= 4 is 23.2 Å². The lowest BCUT2D eigenvalue weighted by Gasteiger charge is -2.22. The Morgan fingerprint density at radius 1 is 0.870 bits per heavy atom. The minimum Gasteiger partial charge on any atom is -0.478 e. The monoisotopic (exact) mass is 348 g/mol. The molecule has 0 N–H and O–H groups in total. The lowest BCUT2D eigenvalue weighted by Crippen LogP contribution is -2.25. The van der Waals surface area contributed by atoms with E-state index in [1.54, 1.807) is 36.4 Å². The smallest absolute Gasteiger partial charge is 0.259 e. The zero-order valence-electron chi connectivity index (χ0n) is 12.6. The number of aromatic nitrogens is 2. The highest BCUT2D eigenvalue weighted by molar-refractivity contribution is 6.30. The van der Waals surface area contributed by atoms with Gasteiger partial charge in [-0.2, -0.15) is 0 Å². The van der Waals surface area contributed by atoms with Crippen LogP contribution in [0.3, 0.4) is 0 Å². The Morgan fingerprint density at radius 2 is 1.43 bits per heavy atom. The molecule has 0 aliphatic rings. The molecule has 6 heteroatoms. The molecule has 0 unspecified atom stereocenters. The summed E-state index contributed by atoms with van der Waals surface area (Å²) >= 11 is 11.8. The maximum atomic E-state index is 5.94. The van der Waals surface area contributed by atoms with Crippen LogP contribution >= 0.6 is 23.2 Å². The van der Waals surface area contributed by atoms with E-state index in [-0.39, 0.29) is 0 Å². The fraction of sp³-hybridized carbons (Fsp3) is 0.176. The van der Waals surface area contributed by atoms with Crippen LogP contribution in [0.1, 0.15) is 19.7 Å². The molecule has 1 aromatic heterocycles. The van der Waals surface area contributed by atoms with Gasteiger partial charge in [-0.15, -0.1) is 10.2 Å². The molecule has 0 fully saturated rings. The largest absolute Gasteiger partial charge is 0.478 e. The minimum absolute atomic E-state index is 0.386. The average molecular weight is 349 g/mol. The Bertz CT molecular complexity index is 796. The first kappa shape index (κ1) is 15.8. The summed E-state index contributed by atoms with van der Waals surface area (Å²) in [5.41, 5.74) is 0.0290. The highest BCUT2D eigenvalue weighted by atomic mass is 35.5. The van der Waals surface area contributed by atoms with E-state index in [4.69, 9.17) is 32.4 Å². The molecule has 0 spiro atoms. The molecule has 0 aliphatic heterocycles. The molecule has 0 amide bonds. The van der Waals surface area contributed by atoms with E-state index < -0.39 is 5.60 Å². The van der Waals surface area contributed by atoms with E-state index >= 15 is 0 Å². The van der Waals surface area contributed by atoms with Gasteiger partial charge in [-0.1, -0.05) is 23.2 Å². The molecule has 1 heterocycles. The zero-order chi connectivity index (χ0) is 16.4. The highest BCUT2D eigenvalue weighted by Gasteiger charge is 2.30. The number of nitrogens with zero attached hydrogens (tertiary/aromatic N) is 2. The molecule has 4 nitrogen and oxygen atoms in total. The number of rotatable bonds is 4. The van der Waals surface area contributed by atoms with Crippen LogP contribution in [0.15, 0.2) is 52.9 Å². The standard InChI is InChI=1S/C17H14Cl2N2O2/c1-17(2,23-14-9-7-13(19)8-10-14)16-21-20-15(22-16)11-3-5-12(18)6-4-11/h3-10H,1-2H3. The lowest BCUT2D eigenvalue weighted by atomic mass is 10.1. The molecular formula is C17H14Cl2N2O2. The number of halogens is 2. The van der Waals surface area contributed by atoms with Crippen molar-refractivity contribution in [2.75, 3.05) is 0 Å². The SMILES string of the molecule is CC(C)(Oc1ccc(Cl)cc1)c1nnc(-c2ccc(Cl)cc2)o1. The summed E-state index contributed by atoms with van der Waals surface area (Å²) in [6.45, 7) is 3.72. The van der Waals surface area contributed by atoms with Crippen molar-refractivity contribution < 1.29 is 9.15 Å². The summed E-state index contributed by atoms with van der Waals surface area (Å²) in [5, 5.41) is 9.48. The summed E-state index contributed by atoms with van der Waals surface area (Å²) < 4.78 is 11.7. The quantitative estimate of drug-likeness (QED) is 0.636. The van der Waals surface area contributed by atoms with Gasteiger partial charge in [-0.05, 0) is 62.4 Å². The van der Waals surface area contributed by atoms with Gasteiger partial charge in [0.1, 0.15) is 5.75 Å². The predicted octanol–water partition coefficient (Wildman–Crippen LogP) is 5.36. The third-order valence-electron chi connectivity index (χ3n) is 3.22. The van der Waals surface area contributed by atoms with Gasteiger partial charge < -0.3 is 9.15 Å². The van der Waals surface area contributed by atoms with E-state index in [0.29, 0.717) is 27.6 Å². The second-order valence-corrected chi connectivity index (χ2v) is 6.36. The van der Waals surface area contributed by atoms with E-state index in [9.17, 15) is 0 Å². The third kappa shape index (κ3) is 3.66. The molecule has 3 aromatic rings. The normalized spacial score (nSPS) is 11.5. The molecule has 0 radical (unpaired) electrons. The van der Waals surface area contributed by atoms with Crippen molar-refractivity contribution in [2.24, 2.45) is 0 Å². The van der Waals surface area contributed by atoms with Crippen molar-refractivity contribution in [1.29, 1.82) is 0 Å². The summed E-state index contributed by atoms with van der Waals surface area (Å²) in [6, 6.07) is 14.3. The number of hydrogen-bond donors (Lipinski definition) is 0. The van der Waals surface area contributed by atoms with Gasteiger partial charge in [-0.25, -0.2) is 0 Å². The van der Waals surface area contributed by atoms with Gasteiger partial charge >= 0.3 is 0 Å². The molecule has 23 heavy (non-hydrogen) atoms. The Labute approximate surface area is 144 Å². The second kappa shape index (κ2) is 6.22. The minimum atomic E-state index is -0.772. The Morgan fingerprint density at radius 3 is 2.04 bits per heavy atom. The van der Waals surface area contributed by atoms with Crippen LogP contribution in [0.25, 0.3) is 11.5 Å². The number of ether oxygens (including phenoxy) is 1. The molecule has 0 aliphatic carbocycles. The van der Waals surface area contributed by atoms with Crippen molar-refractivity contribution in [1.82, 2.24) is 10.2 Å². The fourth-order valence-corrected chi connectivity index (χ4v) is 2.27. The van der Waals surface area contributed by atoms with Crippen LogP contribution < -0.4 is 4.74 Å². The molecule has 3 rings (SSSR count). The van der Waals surface area contributed by atoms with E-state index in [1.807, 2.05) is 26.0 Å².